The summed E-state index contributed by atoms with van der Waals surface area (Å²) in [6.45, 7) is 5.49. The van der Waals surface area contributed by atoms with Crippen molar-refractivity contribution in [2.24, 2.45) is 23.1 Å². The predicted octanol–water partition coefficient (Wildman–Crippen LogP) is -1.37. The number of nitrogens with zero attached hydrogens (tertiary/aromatic N) is 1. The standard InChI is InChI=1S/C73H98N18O16S/c1-40(2)60(91-73(106)107-38-51-49-25-14-12-23-47(49)48-24-13-15-26-50(48)51)69(103)90-61(43(5)93)70(104)89-57(37-92)68(102)83-41(3)62(96)84-54(29-30-58(75)94)66(100)85-52(27-16-17-31-74)64(98)86-53(28-18-32-79-72(76)77)65(99)88-56(34-45-35-78-39-81-45)67(101)87-55(33-44-19-8-6-9-20-44)63(97)80-36-59(95)82-42(4)71(105)108-46-21-10-7-11-22-46/h6-15,19-26,35,39-43,51-57,60-61,92-93H,16-18,27-34,36-38,74H2,1-5H3,(H2,75,94)(H,78,81)(H,80,97)(H,82,95)(H,83,102)(H,84,96)(H,85,100)(H,86,98)(H,87,101)(H,88,99)(H,89,104)(H,90,103)(H,91,106)(H4,76,77,79)/t41-,42-,43+,52-,53-,54-,55-,56-,57-,60-,61-/m0/s1. The monoisotopic (exact) mass is 1510 g/mol. The van der Waals surface area contributed by atoms with Crippen LogP contribution in [0, 0.1) is 11.3 Å². The van der Waals surface area contributed by atoms with Crippen molar-refractivity contribution >= 4 is 93.9 Å². The van der Waals surface area contributed by atoms with E-state index in [1.54, 1.807) is 74.5 Å². The van der Waals surface area contributed by atoms with Gasteiger partial charge in [0.05, 0.1) is 37.3 Å². The Hall–Kier alpha value is -11.3. The van der Waals surface area contributed by atoms with Crippen LogP contribution in [-0.2, 0) is 75.1 Å². The summed E-state index contributed by atoms with van der Waals surface area (Å²) in [5, 5.41) is 58.6. The van der Waals surface area contributed by atoms with Crippen LogP contribution in [0.1, 0.15) is 108 Å². The van der Waals surface area contributed by atoms with Crippen LogP contribution in [0.4, 0.5) is 4.79 Å². The molecule has 4 aromatic carbocycles. The van der Waals surface area contributed by atoms with E-state index in [4.69, 9.17) is 27.3 Å². The first-order valence-electron chi connectivity index (χ1n) is 35.3. The van der Waals surface area contributed by atoms with Gasteiger partial charge in [0.25, 0.3) is 0 Å². The molecule has 0 aliphatic heterocycles. The molecule has 6 rings (SSSR count). The molecule has 1 heterocycles. The number of aliphatic hydroxyl groups excluding tert-OH is 2. The highest BCUT2D eigenvalue weighted by atomic mass is 32.2. The number of rotatable bonds is 43. The van der Waals surface area contributed by atoms with E-state index >= 15 is 0 Å². The Bertz CT molecular complexity index is 3870. The SMILES string of the molecule is CC(C)[C@H](NC(=O)OCC1c2ccccc2-c2ccccc21)C(=O)N[C@H](C(=O)N[C@@H](CO)C(=O)N[C@@H](C)C(=O)N[C@@H](CCC(N)=O)C(=O)N[C@@H](CCCCN)C(=O)N[C@@H](CCCNC(=N)N)C(=O)N[C@@H](Cc1c[nH]cn1)C(=O)N[C@@H](Cc1ccccc1)C(=O)NCC(=O)N[C@@H](C)C(=O)Sc1ccccc1)[C@@H](C)O. The van der Waals surface area contributed by atoms with Crippen LogP contribution >= 0.6 is 11.8 Å². The highest BCUT2D eigenvalue weighted by molar-refractivity contribution is 8.13. The first-order chi connectivity index (χ1) is 51.6. The number of hydrogen-bond acceptors (Lipinski definition) is 20. The number of aromatic amines is 1. The van der Waals surface area contributed by atoms with Gasteiger partial charge < -0.3 is 101 Å². The van der Waals surface area contributed by atoms with Crippen molar-refractivity contribution in [2.75, 3.05) is 32.8 Å². The first kappa shape index (κ1) is 85.6. The smallest absolute Gasteiger partial charge is 0.407 e. The number of carbonyl (C=O) groups excluding carboxylic acids is 13. The lowest BCUT2D eigenvalue weighted by Crippen LogP contribution is -2.62. The van der Waals surface area contributed by atoms with Gasteiger partial charge in [0.1, 0.15) is 61.0 Å². The molecule has 34 nitrogen and oxygen atoms in total. The molecule has 0 bridgehead atoms. The molecule has 11 atom stereocenters. The number of guanidine groups is 1. The Labute approximate surface area is 628 Å². The van der Waals surface area contributed by atoms with Gasteiger partial charge in [-0.15, -0.1) is 0 Å². The molecule has 22 N–H and O–H groups in total. The molecule has 5 aromatic rings. The molecule has 1 aromatic heterocycles. The summed E-state index contributed by atoms with van der Waals surface area (Å²) in [7, 11) is 0. The number of ether oxygens (including phenoxy) is 1. The molecular formula is C73H98N18O16S. The molecule has 0 unspecified atom stereocenters. The van der Waals surface area contributed by atoms with Crippen LogP contribution in [0.2, 0.25) is 0 Å². The minimum Gasteiger partial charge on any atom is -0.449 e. The number of imidazole rings is 1. The zero-order valence-corrected chi connectivity index (χ0v) is 61.5. The van der Waals surface area contributed by atoms with Gasteiger partial charge in [0.2, 0.25) is 70.1 Å². The number of amides is 12. The van der Waals surface area contributed by atoms with Gasteiger partial charge in [0, 0.05) is 42.8 Å². The fourth-order valence-electron chi connectivity index (χ4n) is 11.5. The van der Waals surface area contributed by atoms with Gasteiger partial charge in [-0.1, -0.05) is 111 Å². The van der Waals surface area contributed by atoms with Crippen LogP contribution in [0.25, 0.3) is 11.1 Å². The van der Waals surface area contributed by atoms with Gasteiger partial charge in [-0.3, -0.25) is 62.9 Å². The number of carbonyl (C=O) groups is 13. The third-order valence-corrected chi connectivity index (χ3v) is 18.4. The number of nitrogens with two attached hydrogens (primary N) is 3. The van der Waals surface area contributed by atoms with Crippen LogP contribution in [-0.4, -0.2) is 202 Å². The summed E-state index contributed by atoms with van der Waals surface area (Å²) in [6.07, 6.45) is -0.809. The third-order valence-electron chi connectivity index (χ3n) is 17.3. The van der Waals surface area contributed by atoms with Crippen LogP contribution in [0.15, 0.2) is 127 Å². The molecule has 0 saturated carbocycles. The summed E-state index contributed by atoms with van der Waals surface area (Å²) >= 11 is 0.927. The molecule has 1 aliphatic carbocycles. The van der Waals surface area contributed by atoms with Crippen LogP contribution < -0.4 is 81.0 Å². The summed E-state index contributed by atoms with van der Waals surface area (Å²) < 4.78 is 5.65. The van der Waals surface area contributed by atoms with E-state index in [-0.39, 0.29) is 74.9 Å². The van der Waals surface area contributed by atoms with E-state index in [1.807, 2.05) is 48.5 Å². The fraction of sp³-hybridized carbons (Fsp3) is 0.438. The second kappa shape index (κ2) is 43.4. The number of primary amides is 1. The molecular weight excluding hydrogens is 1420 g/mol. The van der Waals surface area contributed by atoms with Crippen molar-refractivity contribution in [3.05, 3.63) is 144 Å². The first-order valence-corrected chi connectivity index (χ1v) is 36.1. The fourth-order valence-corrected chi connectivity index (χ4v) is 12.3. The number of aliphatic hydroxyl groups is 2. The maximum Gasteiger partial charge on any atom is 0.407 e. The molecule has 35 heteroatoms. The molecule has 0 radical (unpaired) electrons. The molecule has 582 valence electrons. The number of thioether (sulfide) groups is 1. The number of benzene rings is 4. The Kier molecular flexibility index (Phi) is 34.4. The number of aromatic nitrogens is 2. The van der Waals surface area contributed by atoms with E-state index in [0.717, 1.165) is 34.0 Å². The molecule has 1 aliphatic rings. The van der Waals surface area contributed by atoms with Crippen molar-refractivity contribution in [2.45, 2.75) is 170 Å². The minimum atomic E-state index is -1.83. The number of alkyl carbamates (subject to hydrolysis) is 1. The summed E-state index contributed by atoms with van der Waals surface area (Å²) in [6, 6.07) is 17.7. The summed E-state index contributed by atoms with van der Waals surface area (Å²) in [5.41, 5.74) is 21.6. The Morgan fingerprint density at radius 1 is 0.546 bits per heavy atom. The van der Waals surface area contributed by atoms with Crippen molar-refractivity contribution < 1.29 is 77.3 Å². The maximum absolute atomic E-state index is 14.7. The molecule has 12 amide bonds. The average molecular weight is 1520 g/mol. The topological polar surface area (TPSA) is 547 Å². The Morgan fingerprint density at radius 2 is 1.06 bits per heavy atom. The highest BCUT2D eigenvalue weighted by Crippen LogP contribution is 2.44. The van der Waals surface area contributed by atoms with Crippen molar-refractivity contribution in [3.63, 3.8) is 0 Å². The normalized spacial score (nSPS) is 14.5. The largest absolute Gasteiger partial charge is 0.449 e. The van der Waals surface area contributed by atoms with E-state index in [2.05, 4.69) is 73.8 Å². The van der Waals surface area contributed by atoms with Crippen molar-refractivity contribution in [3.8, 4) is 11.1 Å². The van der Waals surface area contributed by atoms with Crippen molar-refractivity contribution in [1.29, 1.82) is 5.41 Å². The van der Waals surface area contributed by atoms with Gasteiger partial charge in [0.15, 0.2) is 5.96 Å². The molecule has 0 fully saturated rings. The minimum absolute atomic E-state index is 0.0189. The highest BCUT2D eigenvalue weighted by Gasteiger charge is 2.38. The predicted molar refractivity (Wildman–Crippen MR) is 398 cm³/mol. The quantitative estimate of drug-likeness (QED) is 0.00926. The van der Waals surface area contributed by atoms with Gasteiger partial charge in [-0.05, 0) is 123 Å². The number of nitrogens with one attached hydrogen (secondary N) is 14. The third kappa shape index (κ3) is 27.2. The number of hydrogen-bond donors (Lipinski definition) is 19. The number of fused-ring (bicyclic) bond motifs is 3. The molecule has 108 heavy (non-hydrogen) atoms. The second-order valence-corrected chi connectivity index (χ2v) is 27.2. The zero-order chi connectivity index (χ0) is 79.0. The van der Waals surface area contributed by atoms with Crippen LogP contribution in [0.5, 0.6) is 0 Å². The van der Waals surface area contributed by atoms with E-state index in [9.17, 15) is 72.5 Å². The molecule has 0 spiro atoms. The number of unbranched alkanes of at least 4 members (excludes halogenated alkanes) is 1. The van der Waals surface area contributed by atoms with Gasteiger partial charge >= 0.3 is 6.09 Å². The lowest BCUT2D eigenvalue weighted by molar-refractivity contribution is -0.137. The maximum atomic E-state index is 14.7. The Balaban J connectivity index is 1.11. The van der Waals surface area contributed by atoms with Gasteiger partial charge in [-0.25, -0.2) is 9.78 Å². The lowest BCUT2D eigenvalue weighted by Gasteiger charge is -2.28. The van der Waals surface area contributed by atoms with E-state index in [0.29, 0.717) is 16.9 Å². The summed E-state index contributed by atoms with van der Waals surface area (Å²) in [5.74, 6) is -11.8. The van der Waals surface area contributed by atoms with E-state index < -0.39 is 175 Å². The second-order valence-electron chi connectivity index (χ2n) is 26.2. The van der Waals surface area contributed by atoms with Crippen molar-refractivity contribution in [1.82, 2.24) is 73.8 Å². The van der Waals surface area contributed by atoms with E-state index in [1.165, 1.54) is 33.3 Å². The molecule has 0 saturated heterocycles. The lowest BCUT2D eigenvalue weighted by atomic mass is 9.98. The number of H-pyrrole nitrogens is 1. The van der Waals surface area contributed by atoms with Gasteiger partial charge in [-0.2, -0.15) is 0 Å². The Morgan fingerprint density at radius 3 is 1.62 bits per heavy atom. The zero-order valence-electron chi connectivity index (χ0n) is 60.6. The van der Waals surface area contributed by atoms with Crippen LogP contribution in [0.3, 0.4) is 0 Å². The summed E-state index contributed by atoms with van der Waals surface area (Å²) in [4.78, 5) is 187. The average Bonchev–Trinajstić information content (AvgIpc) is 1.61.